The lowest BCUT2D eigenvalue weighted by atomic mass is 10.1. The molecule has 0 unspecified atom stereocenters. The first-order valence-electron chi connectivity index (χ1n) is 8.78. The Hall–Kier alpha value is -3.15. The van der Waals surface area contributed by atoms with Crippen LogP contribution in [0.4, 0.5) is 5.69 Å². The Bertz CT molecular complexity index is 928. The number of aromatic amines is 1. The van der Waals surface area contributed by atoms with Crippen molar-refractivity contribution >= 4 is 28.5 Å². The molecule has 1 aliphatic heterocycles. The quantitative estimate of drug-likeness (QED) is 0.760. The zero-order chi connectivity index (χ0) is 18.1. The summed E-state index contributed by atoms with van der Waals surface area (Å²) in [4.78, 5) is 33.8. The number of imidazole rings is 1. The van der Waals surface area contributed by atoms with Crippen molar-refractivity contribution < 1.29 is 9.59 Å². The Morgan fingerprint density at radius 2 is 1.96 bits per heavy atom. The van der Waals surface area contributed by atoms with Crippen LogP contribution in [0.25, 0.3) is 11.0 Å². The molecule has 1 aliphatic rings. The Kier molecular flexibility index (Phi) is 4.16. The molecule has 2 amide bonds. The number of nitrogens with one attached hydrogen (secondary N) is 2. The number of hydrogen-bond donors (Lipinski definition) is 2. The average Bonchev–Trinajstić information content (AvgIpc) is 3.27. The second kappa shape index (κ2) is 6.63. The number of para-hydroxylation sites is 2. The molecule has 6 heteroatoms. The summed E-state index contributed by atoms with van der Waals surface area (Å²) in [7, 11) is 0. The molecule has 4 rings (SSSR count). The fourth-order valence-corrected chi connectivity index (χ4v) is 3.24. The minimum Gasteiger partial charge on any atom is -0.342 e. The lowest BCUT2D eigenvalue weighted by Gasteiger charge is -2.16. The molecule has 2 N–H and O–H groups in total. The maximum absolute atomic E-state index is 12.5. The molecule has 26 heavy (non-hydrogen) atoms. The summed E-state index contributed by atoms with van der Waals surface area (Å²) in [5.41, 5.74) is 3.23. The summed E-state index contributed by atoms with van der Waals surface area (Å²) >= 11 is 0. The van der Waals surface area contributed by atoms with Gasteiger partial charge in [0.1, 0.15) is 5.82 Å². The first-order chi connectivity index (χ1) is 12.6. The number of rotatable bonds is 4. The maximum atomic E-state index is 12.5. The van der Waals surface area contributed by atoms with E-state index in [9.17, 15) is 9.59 Å². The van der Waals surface area contributed by atoms with E-state index >= 15 is 0 Å². The number of anilines is 1. The number of hydrogen-bond acceptors (Lipinski definition) is 3. The van der Waals surface area contributed by atoms with Gasteiger partial charge in [0.25, 0.3) is 5.91 Å². The van der Waals surface area contributed by atoms with Crippen LogP contribution in [0.5, 0.6) is 0 Å². The number of H-pyrrole nitrogens is 1. The number of fused-ring (bicyclic) bond motifs is 1. The predicted octanol–water partition coefficient (Wildman–Crippen LogP) is 3.18. The third-order valence-electron chi connectivity index (χ3n) is 4.68. The number of carbonyl (C=O) groups is 2. The Balaban J connectivity index is 1.46. The largest absolute Gasteiger partial charge is 0.342 e. The molecule has 6 nitrogen and oxygen atoms in total. The molecule has 3 aromatic rings. The second-order valence-corrected chi connectivity index (χ2v) is 6.53. The van der Waals surface area contributed by atoms with Crippen molar-refractivity contribution in [3.63, 3.8) is 0 Å². The molecule has 0 aliphatic carbocycles. The van der Waals surface area contributed by atoms with E-state index in [4.69, 9.17) is 0 Å². The third-order valence-corrected chi connectivity index (χ3v) is 4.68. The van der Waals surface area contributed by atoms with Crippen LogP contribution < -0.4 is 10.2 Å². The molecule has 1 fully saturated rings. The van der Waals surface area contributed by atoms with Gasteiger partial charge in [-0.25, -0.2) is 4.98 Å². The molecule has 2 heterocycles. The van der Waals surface area contributed by atoms with Crippen molar-refractivity contribution in [2.75, 3.05) is 11.4 Å². The molecular formula is C20H20N4O2. The molecule has 0 spiro atoms. The van der Waals surface area contributed by atoms with Crippen molar-refractivity contribution in [3.8, 4) is 0 Å². The normalized spacial score (nSPS) is 15.4. The van der Waals surface area contributed by atoms with Crippen molar-refractivity contribution in [2.24, 2.45) is 0 Å². The van der Waals surface area contributed by atoms with E-state index in [2.05, 4.69) is 15.3 Å². The summed E-state index contributed by atoms with van der Waals surface area (Å²) in [5.74, 6) is 0.691. The van der Waals surface area contributed by atoms with Crippen LogP contribution in [0.1, 0.15) is 42.0 Å². The number of amides is 2. The molecule has 0 bridgehead atoms. The lowest BCUT2D eigenvalue weighted by Crippen LogP contribution is -2.27. The van der Waals surface area contributed by atoms with Gasteiger partial charge in [-0.05, 0) is 49.7 Å². The molecule has 0 radical (unpaired) electrons. The number of aromatic nitrogens is 2. The van der Waals surface area contributed by atoms with Crippen LogP contribution in [0, 0.1) is 0 Å². The van der Waals surface area contributed by atoms with E-state index < -0.39 is 0 Å². The zero-order valence-electron chi connectivity index (χ0n) is 14.5. The minimum absolute atomic E-state index is 0.140. The Morgan fingerprint density at radius 3 is 2.65 bits per heavy atom. The second-order valence-electron chi connectivity index (χ2n) is 6.53. The molecule has 1 saturated heterocycles. The summed E-state index contributed by atoms with van der Waals surface area (Å²) in [6.45, 7) is 2.64. The zero-order valence-corrected chi connectivity index (χ0v) is 14.5. The van der Waals surface area contributed by atoms with Crippen LogP contribution in [0.15, 0.2) is 48.5 Å². The van der Waals surface area contributed by atoms with Gasteiger partial charge >= 0.3 is 0 Å². The molecular weight excluding hydrogens is 328 g/mol. The first-order valence-corrected chi connectivity index (χ1v) is 8.78. The van der Waals surface area contributed by atoms with Gasteiger partial charge in [0, 0.05) is 24.2 Å². The Morgan fingerprint density at radius 1 is 1.19 bits per heavy atom. The molecule has 1 atom stereocenters. The lowest BCUT2D eigenvalue weighted by molar-refractivity contribution is -0.117. The van der Waals surface area contributed by atoms with Crippen LogP contribution in [0.3, 0.4) is 0 Å². The van der Waals surface area contributed by atoms with E-state index in [1.165, 1.54) is 0 Å². The summed E-state index contributed by atoms with van der Waals surface area (Å²) in [6, 6.07) is 14.7. The van der Waals surface area contributed by atoms with E-state index in [0.29, 0.717) is 12.0 Å². The topological polar surface area (TPSA) is 78.1 Å². The third kappa shape index (κ3) is 3.06. The van der Waals surface area contributed by atoms with Gasteiger partial charge in [0.15, 0.2) is 0 Å². The van der Waals surface area contributed by atoms with Gasteiger partial charge in [-0.1, -0.05) is 12.1 Å². The van der Waals surface area contributed by atoms with Crippen LogP contribution >= 0.6 is 0 Å². The predicted molar refractivity (Wildman–Crippen MR) is 100 cm³/mol. The average molecular weight is 348 g/mol. The van der Waals surface area contributed by atoms with Gasteiger partial charge in [-0.3, -0.25) is 9.59 Å². The van der Waals surface area contributed by atoms with Crippen molar-refractivity contribution in [1.29, 1.82) is 0 Å². The summed E-state index contributed by atoms with van der Waals surface area (Å²) in [5, 5.41) is 2.96. The van der Waals surface area contributed by atoms with Gasteiger partial charge < -0.3 is 15.2 Å². The highest BCUT2D eigenvalue weighted by Crippen LogP contribution is 2.22. The molecule has 0 saturated carbocycles. The standard InChI is InChI=1S/C20H20N4O2/c1-13(19-22-16-5-2-3-6-17(16)23-19)21-20(26)14-8-10-15(11-9-14)24-12-4-7-18(24)25/h2-3,5-6,8-11,13H,4,7,12H2,1H3,(H,21,26)(H,22,23)/t13-/m1/s1. The molecule has 132 valence electrons. The van der Waals surface area contributed by atoms with Gasteiger partial charge in [0.05, 0.1) is 17.1 Å². The SMILES string of the molecule is C[C@@H](NC(=O)c1ccc(N2CCCC2=O)cc1)c1nc2ccccc2[nH]1. The van der Waals surface area contributed by atoms with Crippen molar-refractivity contribution in [3.05, 3.63) is 59.9 Å². The summed E-state index contributed by atoms with van der Waals surface area (Å²) in [6.07, 6.45) is 1.48. The van der Waals surface area contributed by atoms with E-state index in [1.54, 1.807) is 17.0 Å². The first kappa shape index (κ1) is 16.3. The smallest absolute Gasteiger partial charge is 0.251 e. The van der Waals surface area contributed by atoms with Crippen molar-refractivity contribution in [2.45, 2.75) is 25.8 Å². The highest BCUT2D eigenvalue weighted by molar-refractivity contribution is 5.97. The van der Waals surface area contributed by atoms with Crippen LogP contribution in [0.2, 0.25) is 0 Å². The van der Waals surface area contributed by atoms with Crippen molar-refractivity contribution in [1.82, 2.24) is 15.3 Å². The molecule has 2 aromatic carbocycles. The van der Waals surface area contributed by atoms with Gasteiger partial charge in [0.2, 0.25) is 5.91 Å². The van der Waals surface area contributed by atoms with E-state index in [0.717, 1.165) is 35.5 Å². The van der Waals surface area contributed by atoms with Gasteiger partial charge in [-0.15, -0.1) is 0 Å². The Labute approximate surface area is 151 Å². The monoisotopic (exact) mass is 348 g/mol. The highest BCUT2D eigenvalue weighted by atomic mass is 16.2. The van der Waals surface area contributed by atoms with Crippen LogP contribution in [-0.4, -0.2) is 28.3 Å². The fourth-order valence-electron chi connectivity index (χ4n) is 3.24. The fraction of sp³-hybridized carbons (Fsp3) is 0.250. The minimum atomic E-state index is -0.241. The number of benzene rings is 2. The maximum Gasteiger partial charge on any atom is 0.251 e. The molecule has 1 aromatic heterocycles. The number of carbonyl (C=O) groups excluding carboxylic acids is 2. The van der Waals surface area contributed by atoms with E-state index in [-0.39, 0.29) is 17.9 Å². The number of nitrogens with zero attached hydrogens (tertiary/aromatic N) is 2. The van der Waals surface area contributed by atoms with E-state index in [1.807, 2.05) is 43.3 Å². The van der Waals surface area contributed by atoms with Crippen LogP contribution in [-0.2, 0) is 4.79 Å². The van der Waals surface area contributed by atoms with Gasteiger partial charge in [-0.2, -0.15) is 0 Å². The summed E-state index contributed by atoms with van der Waals surface area (Å²) < 4.78 is 0. The highest BCUT2D eigenvalue weighted by Gasteiger charge is 2.22.